The fourth-order valence-electron chi connectivity index (χ4n) is 3.03. The summed E-state index contributed by atoms with van der Waals surface area (Å²) in [7, 11) is 2.51. The van der Waals surface area contributed by atoms with Crippen molar-refractivity contribution in [3.8, 4) is 11.5 Å². The number of rotatable bonds is 8. The molecular weight excluding hydrogens is 402 g/mol. The summed E-state index contributed by atoms with van der Waals surface area (Å²) in [6, 6.07) is 10.9. The van der Waals surface area contributed by atoms with E-state index in [1.807, 2.05) is 0 Å². The van der Waals surface area contributed by atoms with E-state index in [0.29, 0.717) is 11.1 Å². The number of fused-ring (bicyclic) bond motifs is 1. The zero-order valence-electron chi connectivity index (χ0n) is 16.2. The van der Waals surface area contributed by atoms with Crippen molar-refractivity contribution in [3.05, 3.63) is 59.8 Å². The Bertz CT molecular complexity index is 1020. The molecule has 8 nitrogen and oxygen atoms in total. The highest BCUT2D eigenvalue weighted by atomic mass is 19.3. The number of ether oxygens (including phenoxy) is 2. The van der Waals surface area contributed by atoms with Crippen molar-refractivity contribution in [3.63, 3.8) is 0 Å². The Balaban J connectivity index is 1.99. The highest BCUT2D eigenvalue weighted by molar-refractivity contribution is 5.90. The number of aromatic amines is 1. The molecule has 10 heteroatoms. The van der Waals surface area contributed by atoms with E-state index in [-0.39, 0.29) is 29.1 Å². The van der Waals surface area contributed by atoms with Crippen molar-refractivity contribution < 1.29 is 38.7 Å². The number of nitrogens with one attached hydrogen (secondary N) is 1. The van der Waals surface area contributed by atoms with E-state index >= 15 is 0 Å². The maximum atomic E-state index is 12.6. The average molecular weight is 424 g/mol. The van der Waals surface area contributed by atoms with Gasteiger partial charge in [0.1, 0.15) is 18.1 Å². The normalized spacial score (nSPS) is 12.7. The van der Waals surface area contributed by atoms with Crippen molar-refractivity contribution >= 4 is 10.9 Å². The van der Waals surface area contributed by atoms with Crippen LogP contribution < -0.4 is 9.47 Å². The molecule has 0 atom stereocenters. The summed E-state index contributed by atoms with van der Waals surface area (Å²) in [5.74, 6) is -6.00. The van der Waals surface area contributed by atoms with Crippen LogP contribution in [0.15, 0.2) is 48.7 Å². The van der Waals surface area contributed by atoms with Gasteiger partial charge in [0.15, 0.2) is 0 Å². The van der Waals surface area contributed by atoms with Crippen molar-refractivity contribution in [2.24, 2.45) is 0 Å². The Hall–Kier alpha value is -2.76. The number of para-hydroxylation sites is 1. The quantitative estimate of drug-likeness (QED) is 0.349. The summed E-state index contributed by atoms with van der Waals surface area (Å²) in [5, 5.41) is 41.7. The van der Waals surface area contributed by atoms with Crippen LogP contribution >= 0.6 is 0 Å². The number of hydrogen-bond acceptors (Lipinski definition) is 7. The minimum atomic E-state index is -3.09. The lowest BCUT2D eigenvalue weighted by Crippen LogP contribution is -2.60. The fraction of sp³-hybridized carbons (Fsp3) is 0.300. The topological polar surface area (TPSA) is 118 Å². The average Bonchev–Trinajstić information content (AvgIpc) is 3.12. The number of hydrogen-bond donors (Lipinski definition) is 5. The van der Waals surface area contributed by atoms with E-state index in [1.165, 1.54) is 32.4 Å². The Labute approximate surface area is 170 Å². The van der Waals surface area contributed by atoms with Gasteiger partial charge in [-0.2, -0.15) is 8.78 Å². The van der Waals surface area contributed by atoms with Gasteiger partial charge >= 0.3 is 6.61 Å². The van der Waals surface area contributed by atoms with Gasteiger partial charge in [0.05, 0.1) is 5.39 Å². The van der Waals surface area contributed by atoms with E-state index in [2.05, 4.69) is 9.72 Å². The van der Waals surface area contributed by atoms with Gasteiger partial charge in [-0.05, 0) is 32.3 Å². The molecule has 5 N–H and O–H groups in total. The van der Waals surface area contributed by atoms with E-state index in [4.69, 9.17) is 4.74 Å². The maximum absolute atomic E-state index is 12.6. The lowest BCUT2D eigenvalue weighted by atomic mass is 10.00. The second-order valence-electron chi connectivity index (χ2n) is 6.86. The van der Waals surface area contributed by atoms with E-state index in [9.17, 15) is 29.2 Å². The second kappa shape index (κ2) is 8.17. The van der Waals surface area contributed by atoms with Crippen LogP contribution in [0.2, 0.25) is 0 Å². The molecule has 0 aliphatic heterocycles. The van der Waals surface area contributed by atoms with Crippen molar-refractivity contribution in [1.29, 1.82) is 0 Å². The molecule has 0 radical (unpaired) electrons. The number of benzene rings is 2. The standard InChI is InChI=1S/C20H22F2N2O6/c1-24(2)20(27,28)19(25,26)13-10-23-14-7-5-9-16(17(13)14)29-11-12-6-3-4-8-15(12)30-18(21)22/h3-10,18,23,25-28H,11H2,1-2H3. The molecule has 0 spiro atoms. The molecule has 30 heavy (non-hydrogen) atoms. The Morgan fingerprint density at radius 1 is 1.00 bits per heavy atom. The van der Waals surface area contributed by atoms with Crippen molar-refractivity contribution in [2.75, 3.05) is 14.1 Å². The third kappa shape index (κ3) is 3.95. The molecule has 0 unspecified atom stereocenters. The summed E-state index contributed by atoms with van der Waals surface area (Å²) < 4.78 is 35.5. The highest BCUT2D eigenvalue weighted by Gasteiger charge is 2.52. The highest BCUT2D eigenvalue weighted by Crippen LogP contribution is 2.39. The summed E-state index contributed by atoms with van der Waals surface area (Å²) >= 11 is 0. The smallest absolute Gasteiger partial charge is 0.387 e. The monoisotopic (exact) mass is 424 g/mol. The summed E-state index contributed by atoms with van der Waals surface area (Å²) in [6.45, 7) is -3.16. The van der Waals surface area contributed by atoms with Crippen LogP contribution in [-0.2, 0) is 12.4 Å². The molecule has 0 amide bonds. The van der Waals surface area contributed by atoms with Crippen molar-refractivity contribution in [1.82, 2.24) is 9.88 Å². The molecule has 3 aromatic rings. The summed E-state index contributed by atoms with van der Waals surface area (Å²) in [4.78, 5) is 3.64. The van der Waals surface area contributed by atoms with Gasteiger partial charge in [-0.15, -0.1) is 0 Å². The van der Waals surface area contributed by atoms with Gasteiger partial charge in [0.25, 0.3) is 11.7 Å². The Morgan fingerprint density at radius 3 is 2.33 bits per heavy atom. The van der Waals surface area contributed by atoms with Crippen LogP contribution in [0.4, 0.5) is 8.78 Å². The van der Waals surface area contributed by atoms with E-state index in [0.717, 1.165) is 4.90 Å². The Morgan fingerprint density at radius 2 is 1.67 bits per heavy atom. The van der Waals surface area contributed by atoms with Gasteiger partial charge in [-0.1, -0.05) is 24.3 Å². The van der Waals surface area contributed by atoms with Gasteiger partial charge < -0.3 is 34.9 Å². The van der Waals surface area contributed by atoms with Gasteiger partial charge in [0.2, 0.25) is 0 Å². The van der Waals surface area contributed by atoms with Crippen LogP contribution in [0.3, 0.4) is 0 Å². The van der Waals surface area contributed by atoms with Crippen LogP contribution in [0.5, 0.6) is 11.5 Å². The van der Waals surface area contributed by atoms with Gasteiger partial charge in [0, 0.05) is 22.8 Å². The number of aromatic nitrogens is 1. The number of H-pyrrole nitrogens is 1. The minimum absolute atomic E-state index is 0.0510. The molecule has 0 saturated carbocycles. The predicted octanol–water partition coefficient (Wildman–Crippen LogP) is 1.69. The molecule has 3 rings (SSSR count). The minimum Gasteiger partial charge on any atom is -0.488 e. The predicted molar refractivity (Wildman–Crippen MR) is 103 cm³/mol. The molecule has 162 valence electrons. The number of halogens is 2. The fourth-order valence-corrected chi connectivity index (χ4v) is 3.03. The van der Waals surface area contributed by atoms with Crippen molar-refractivity contribution in [2.45, 2.75) is 24.9 Å². The first-order chi connectivity index (χ1) is 14.1. The lowest BCUT2D eigenvalue weighted by molar-refractivity contribution is -0.413. The van der Waals surface area contributed by atoms with E-state index < -0.39 is 18.3 Å². The number of nitrogens with zero attached hydrogens (tertiary/aromatic N) is 1. The molecule has 1 aromatic heterocycles. The Kier molecular flexibility index (Phi) is 5.97. The lowest BCUT2D eigenvalue weighted by Gasteiger charge is -2.39. The van der Waals surface area contributed by atoms with Crippen LogP contribution in [0.25, 0.3) is 10.9 Å². The van der Waals surface area contributed by atoms with E-state index in [1.54, 1.807) is 30.3 Å². The first kappa shape index (κ1) is 21.9. The first-order valence-electron chi connectivity index (χ1n) is 8.88. The third-order valence-corrected chi connectivity index (χ3v) is 4.71. The van der Waals surface area contributed by atoms with Gasteiger partial charge in [-0.3, -0.25) is 4.90 Å². The zero-order valence-corrected chi connectivity index (χ0v) is 16.2. The molecule has 0 aliphatic rings. The molecule has 0 fully saturated rings. The molecule has 1 heterocycles. The van der Waals surface area contributed by atoms with Gasteiger partial charge in [-0.25, -0.2) is 0 Å². The van der Waals surface area contributed by atoms with Crippen LogP contribution in [0, 0.1) is 0 Å². The third-order valence-electron chi connectivity index (χ3n) is 4.71. The molecule has 2 aromatic carbocycles. The molecule has 0 saturated heterocycles. The number of likely N-dealkylation sites (N-methyl/N-ethyl adjacent to an activating group) is 1. The molecule has 0 bridgehead atoms. The number of aliphatic hydroxyl groups is 4. The molecule has 0 aliphatic carbocycles. The SMILES string of the molecule is CN(C)C(O)(O)C(O)(O)c1c[nH]c2cccc(OCc3ccccc3OC(F)F)c12. The van der Waals surface area contributed by atoms with Crippen LogP contribution in [-0.4, -0.2) is 56.9 Å². The summed E-state index contributed by atoms with van der Waals surface area (Å²) in [6.07, 6.45) is 1.22. The zero-order chi connectivity index (χ0) is 22.1. The number of alkyl halides is 2. The summed E-state index contributed by atoms with van der Waals surface area (Å²) in [5.41, 5.74) is 0.531. The maximum Gasteiger partial charge on any atom is 0.387 e. The molecular formula is C20H22F2N2O6. The largest absolute Gasteiger partial charge is 0.488 e. The van der Waals surface area contributed by atoms with Crippen LogP contribution in [0.1, 0.15) is 11.1 Å². The first-order valence-corrected chi connectivity index (χ1v) is 8.88. The second-order valence-corrected chi connectivity index (χ2v) is 6.86.